The minimum atomic E-state index is 0.765. The zero-order valence-electron chi connectivity index (χ0n) is 11.2. The van der Waals surface area contributed by atoms with Gasteiger partial charge in [-0.2, -0.15) is 0 Å². The fourth-order valence-corrected chi connectivity index (χ4v) is 3.14. The summed E-state index contributed by atoms with van der Waals surface area (Å²) in [5.74, 6) is 0. The van der Waals surface area contributed by atoms with Gasteiger partial charge in [-0.25, -0.2) is 4.98 Å². The van der Waals surface area contributed by atoms with E-state index in [1.165, 1.54) is 10.4 Å². The lowest BCUT2D eigenvalue weighted by molar-refractivity contribution is 0.799. The van der Waals surface area contributed by atoms with Crippen LogP contribution in [0.4, 0.5) is 0 Å². The second-order valence-corrected chi connectivity index (χ2v) is 5.43. The molecule has 0 bridgehead atoms. The zero-order chi connectivity index (χ0) is 13.8. The minimum absolute atomic E-state index is 0.765. The molecule has 3 nitrogen and oxygen atoms in total. The summed E-state index contributed by atoms with van der Waals surface area (Å²) in [6.45, 7) is 0.765. The average Bonchev–Trinajstić information content (AvgIpc) is 2.94. The van der Waals surface area contributed by atoms with Gasteiger partial charge in [-0.3, -0.25) is 4.98 Å². The van der Waals surface area contributed by atoms with E-state index in [9.17, 15) is 0 Å². The molecule has 0 atom stereocenters. The van der Waals surface area contributed by atoms with E-state index in [1.807, 2.05) is 31.4 Å². The maximum absolute atomic E-state index is 4.76. The Morgan fingerprint density at radius 3 is 2.55 bits per heavy atom. The van der Waals surface area contributed by atoms with Crippen LogP contribution in [0.3, 0.4) is 0 Å². The molecule has 0 aliphatic rings. The van der Waals surface area contributed by atoms with Gasteiger partial charge in [0.2, 0.25) is 0 Å². The second-order valence-electron chi connectivity index (χ2n) is 4.43. The summed E-state index contributed by atoms with van der Waals surface area (Å²) in [6.07, 6.45) is 3.64. The quantitative estimate of drug-likeness (QED) is 0.794. The molecule has 4 heteroatoms. The van der Waals surface area contributed by atoms with E-state index >= 15 is 0 Å². The first-order valence-electron chi connectivity index (χ1n) is 6.48. The number of rotatable bonds is 4. The molecule has 100 valence electrons. The van der Waals surface area contributed by atoms with Crippen molar-refractivity contribution < 1.29 is 0 Å². The number of pyridine rings is 1. The summed E-state index contributed by atoms with van der Waals surface area (Å²) < 4.78 is 0. The van der Waals surface area contributed by atoms with Crippen LogP contribution in [0.2, 0.25) is 0 Å². The molecular formula is C16H15N3S. The van der Waals surface area contributed by atoms with Crippen molar-refractivity contribution in [3.05, 3.63) is 60.6 Å². The third kappa shape index (κ3) is 2.61. The summed E-state index contributed by atoms with van der Waals surface area (Å²) in [6, 6.07) is 14.4. The fraction of sp³-hybridized carbons (Fsp3) is 0.125. The van der Waals surface area contributed by atoms with Crippen molar-refractivity contribution >= 4 is 11.3 Å². The summed E-state index contributed by atoms with van der Waals surface area (Å²) in [5, 5.41) is 4.20. The first-order chi connectivity index (χ1) is 9.88. The Kier molecular flexibility index (Phi) is 3.85. The summed E-state index contributed by atoms with van der Waals surface area (Å²) in [7, 11) is 1.94. The molecule has 0 unspecified atom stereocenters. The Bertz CT molecular complexity index is 677. The van der Waals surface area contributed by atoms with Crippen molar-refractivity contribution in [1.29, 1.82) is 0 Å². The van der Waals surface area contributed by atoms with Crippen molar-refractivity contribution in [1.82, 2.24) is 15.3 Å². The smallest absolute Gasteiger partial charge is 0.125 e. The van der Waals surface area contributed by atoms with Crippen LogP contribution >= 0.6 is 11.3 Å². The number of hydrogen-bond donors (Lipinski definition) is 1. The normalized spacial score (nSPS) is 10.7. The molecule has 0 radical (unpaired) electrons. The van der Waals surface area contributed by atoms with Gasteiger partial charge in [0.05, 0.1) is 10.6 Å². The van der Waals surface area contributed by atoms with E-state index < -0.39 is 0 Å². The number of aromatic nitrogens is 2. The first-order valence-corrected chi connectivity index (χ1v) is 7.30. The van der Waals surface area contributed by atoms with Gasteiger partial charge in [0.25, 0.3) is 0 Å². The molecule has 0 saturated heterocycles. The van der Waals surface area contributed by atoms with E-state index in [2.05, 4.69) is 34.6 Å². The van der Waals surface area contributed by atoms with Crippen LogP contribution in [0.5, 0.6) is 0 Å². The van der Waals surface area contributed by atoms with Gasteiger partial charge in [-0.15, -0.1) is 11.3 Å². The molecule has 0 spiro atoms. The highest BCUT2D eigenvalue weighted by Gasteiger charge is 2.13. The van der Waals surface area contributed by atoms with Gasteiger partial charge in [0.1, 0.15) is 5.01 Å². The van der Waals surface area contributed by atoms with Gasteiger partial charge in [0.15, 0.2) is 0 Å². The van der Waals surface area contributed by atoms with E-state index in [-0.39, 0.29) is 0 Å². The molecule has 3 aromatic rings. The number of thiazole rings is 1. The predicted octanol–water partition coefficient (Wildman–Crippen LogP) is 3.59. The van der Waals surface area contributed by atoms with Crippen molar-refractivity contribution in [2.75, 3.05) is 7.05 Å². The highest BCUT2D eigenvalue weighted by molar-refractivity contribution is 7.18. The Morgan fingerprint density at radius 1 is 1.05 bits per heavy atom. The van der Waals surface area contributed by atoms with E-state index in [0.29, 0.717) is 0 Å². The largest absolute Gasteiger partial charge is 0.314 e. The van der Waals surface area contributed by atoms with Crippen LogP contribution in [-0.2, 0) is 6.54 Å². The number of nitrogens with zero attached hydrogens (tertiary/aromatic N) is 2. The summed E-state index contributed by atoms with van der Waals surface area (Å²) in [5.41, 5.74) is 3.37. The number of hydrogen-bond acceptors (Lipinski definition) is 4. The molecule has 0 fully saturated rings. The Morgan fingerprint density at radius 2 is 1.85 bits per heavy atom. The fourth-order valence-electron chi connectivity index (χ4n) is 2.07. The lowest BCUT2D eigenvalue weighted by atomic mass is 10.1. The molecule has 0 amide bonds. The molecule has 0 aliphatic carbocycles. The number of nitrogens with one attached hydrogen (secondary N) is 1. The van der Waals surface area contributed by atoms with E-state index in [0.717, 1.165) is 22.8 Å². The standard InChI is InChI=1S/C16H15N3S/c1-17-11-14-15(12-6-3-2-4-7-12)20-16(19-14)13-8-5-9-18-10-13/h2-10,17H,11H2,1H3. The Labute approximate surface area is 122 Å². The van der Waals surface area contributed by atoms with Crippen molar-refractivity contribution in [2.24, 2.45) is 0 Å². The maximum atomic E-state index is 4.76. The Hall–Kier alpha value is -2.04. The van der Waals surface area contributed by atoms with Crippen LogP contribution in [0, 0.1) is 0 Å². The molecule has 3 rings (SSSR count). The van der Waals surface area contributed by atoms with Crippen LogP contribution < -0.4 is 5.32 Å². The lowest BCUT2D eigenvalue weighted by Gasteiger charge is -2.00. The minimum Gasteiger partial charge on any atom is -0.314 e. The van der Waals surface area contributed by atoms with Crippen LogP contribution in [0.1, 0.15) is 5.69 Å². The third-order valence-electron chi connectivity index (χ3n) is 2.99. The van der Waals surface area contributed by atoms with E-state index in [4.69, 9.17) is 4.98 Å². The second kappa shape index (κ2) is 5.94. The molecule has 2 heterocycles. The monoisotopic (exact) mass is 281 g/mol. The third-order valence-corrected chi connectivity index (χ3v) is 4.18. The molecule has 1 N–H and O–H groups in total. The van der Waals surface area contributed by atoms with Gasteiger partial charge < -0.3 is 5.32 Å². The number of benzene rings is 1. The highest BCUT2D eigenvalue weighted by atomic mass is 32.1. The zero-order valence-corrected chi connectivity index (χ0v) is 12.0. The van der Waals surface area contributed by atoms with Crippen molar-refractivity contribution in [3.8, 4) is 21.0 Å². The SMILES string of the molecule is CNCc1nc(-c2cccnc2)sc1-c1ccccc1. The van der Waals surface area contributed by atoms with Gasteiger partial charge in [-0.1, -0.05) is 30.3 Å². The summed E-state index contributed by atoms with van der Waals surface area (Å²) in [4.78, 5) is 10.2. The average molecular weight is 281 g/mol. The molecule has 2 aromatic heterocycles. The van der Waals surface area contributed by atoms with E-state index in [1.54, 1.807) is 17.5 Å². The van der Waals surface area contributed by atoms with Crippen LogP contribution in [0.15, 0.2) is 54.9 Å². The Balaban J connectivity index is 2.08. The van der Waals surface area contributed by atoms with Gasteiger partial charge >= 0.3 is 0 Å². The predicted molar refractivity (Wildman–Crippen MR) is 83.5 cm³/mol. The lowest BCUT2D eigenvalue weighted by Crippen LogP contribution is -2.06. The van der Waals surface area contributed by atoms with Crippen molar-refractivity contribution in [3.63, 3.8) is 0 Å². The topological polar surface area (TPSA) is 37.8 Å². The summed E-state index contributed by atoms with van der Waals surface area (Å²) >= 11 is 1.71. The van der Waals surface area contributed by atoms with Crippen molar-refractivity contribution in [2.45, 2.75) is 6.54 Å². The molecule has 0 aliphatic heterocycles. The molecule has 1 aromatic carbocycles. The highest BCUT2D eigenvalue weighted by Crippen LogP contribution is 2.35. The van der Waals surface area contributed by atoms with Gasteiger partial charge in [0, 0.05) is 24.5 Å². The van der Waals surface area contributed by atoms with Crippen LogP contribution in [0.25, 0.3) is 21.0 Å². The molecule has 0 saturated carbocycles. The van der Waals surface area contributed by atoms with Gasteiger partial charge in [-0.05, 0) is 24.7 Å². The molecular weight excluding hydrogens is 266 g/mol. The molecule has 20 heavy (non-hydrogen) atoms. The maximum Gasteiger partial charge on any atom is 0.125 e. The van der Waals surface area contributed by atoms with Crippen LogP contribution in [-0.4, -0.2) is 17.0 Å². The first kappa shape index (κ1) is 13.0.